The predicted octanol–water partition coefficient (Wildman–Crippen LogP) is 3.03. The van der Waals surface area contributed by atoms with Crippen molar-refractivity contribution in [3.8, 4) is 6.07 Å². The summed E-state index contributed by atoms with van der Waals surface area (Å²) in [5, 5.41) is 9.01. The minimum Gasteiger partial charge on any atom is -0.381 e. The van der Waals surface area contributed by atoms with Gasteiger partial charge in [-0.15, -0.1) is 0 Å². The van der Waals surface area contributed by atoms with Crippen LogP contribution in [0.3, 0.4) is 0 Å². The van der Waals surface area contributed by atoms with Gasteiger partial charge < -0.3 is 9.47 Å². The molecule has 1 aliphatic carbocycles. The highest BCUT2D eigenvalue weighted by Crippen LogP contribution is 2.24. The second-order valence-electron chi connectivity index (χ2n) is 4.73. The quantitative estimate of drug-likeness (QED) is 0.818. The van der Waals surface area contributed by atoms with E-state index in [4.69, 9.17) is 14.7 Å². The highest BCUT2D eigenvalue weighted by atomic mass is 16.5. The van der Waals surface area contributed by atoms with Gasteiger partial charge in [0.15, 0.2) is 0 Å². The fourth-order valence-electron chi connectivity index (χ4n) is 2.43. The number of methoxy groups -OCH3 is 1. The first-order chi connectivity index (χ1) is 8.83. The molecule has 0 amide bonds. The molecule has 96 valence electrons. The van der Waals surface area contributed by atoms with Crippen LogP contribution in [0.15, 0.2) is 24.3 Å². The van der Waals surface area contributed by atoms with Crippen LogP contribution < -0.4 is 0 Å². The zero-order chi connectivity index (χ0) is 12.8. The molecule has 0 heterocycles. The molecule has 0 aromatic heterocycles. The van der Waals surface area contributed by atoms with Crippen LogP contribution in [0.1, 0.15) is 36.8 Å². The first-order valence-electron chi connectivity index (χ1n) is 6.46. The molecule has 0 aliphatic heterocycles. The lowest BCUT2D eigenvalue weighted by molar-refractivity contribution is -0.0363. The number of nitriles is 1. The second-order valence-corrected chi connectivity index (χ2v) is 4.73. The summed E-state index contributed by atoms with van der Waals surface area (Å²) in [5.74, 6) is 0. The van der Waals surface area contributed by atoms with E-state index in [1.807, 2.05) is 24.3 Å². The van der Waals surface area contributed by atoms with Gasteiger partial charge in [0.05, 0.1) is 30.4 Å². The lowest BCUT2D eigenvalue weighted by Gasteiger charge is -2.28. The number of hydrogen-bond acceptors (Lipinski definition) is 3. The molecule has 1 aliphatic rings. The normalized spacial score (nSPS) is 23.6. The first kappa shape index (κ1) is 13.1. The van der Waals surface area contributed by atoms with Gasteiger partial charge in [-0.25, -0.2) is 0 Å². The molecule has 1 fully saturated rings. The molecule has 0 spiro atoms. The number of benzene rings is 1. The molecule has 0 saturated heterocycles. The summed E-state index contributed by atoms with van der Waals surface area (Å²) in [4.78, 5) is 0. The third-order valence-electron chi connectivity index (χ3n) is 3.52. The molecule has 2 atom stereocenters. The monoisotopic (exact) mass is 245 g/mol. The molecule has 0 bridgehead atoms. The standard InChI is InChI=1S/C15H19NO2/c1-17-14-7-4-8-15(9-14)18-11-13-6-3-2-5-12(13)10-16/h2-3,5-6,14-15H,4,7-9,11H2,1H3. The molecular formula is C15H19NO2. The predicted molar refractivity (Wildman–Crippen MR) is 69.0 cm³/mol. The van der Waals surface area contributed by atoms with Crippen molar-refractivity contribution in [2.75, 3.05) is 7.11 Å². The molecule has 1 aromatic carbocycles. The Kier molecular flexibility index (Phi) is 4.74. The maximum Gasteiger partial charge on any atom is 0.0995 e. The highest BCUT2D eigenvalue weighted by Gasteiger charge is 2.22. The van der Waals surface area contributed by atoms with E-state index >= 15 is 0 Å². The third kappa shape index (κ3) is 3.32. The maximum absolute atomic E-state index is 9.01. The molecule has 1 saturated carbocycles. The molecule has 0 radical (unpaired) electrons. The average Bonchev–Trinajstić information content (AvgIpc) is 2.45. The van der Waals surface area contributed by atoms with Crippen molar-refractivity contribution in [1.29, 1.82) is 5.26 Å². The van der Waals surface area contributed by atoms with Crippen LogP contribution in [-0.2, 0) is 16.1 Å². The number of rotatable bonds is 4. The Bertz CT molecular complexity index is 425. The molecule has 1 aromatic rings. The van der Waals surface area contributed by atoms with Gasteiger partial charge in [-0.05, 0) is 37.3 Å². The van der Waals surface area contributed by atoms with E-state index in [9.17, 15) is 0 Å². The molecule has 18 heavy (non-hydrogen) atoms. The maximum atomic E-state index is 9.01. The summed E-state index contributed by atoms with van der Waals surface area (Å²) in [6.07, 6.45) is 4.93. The van der Waals surface area contributed by atoms with Crippen LogP contribution in [0.4, 0.5) is 0 Å². The van der Waals surface area contributed by atoms with Crippen LogP contribution in [-0.4, -0.2) is 19.3 Å². The Morgan fingerprint density at radius 1 is 1.28 bits per heavy atom. The average molecular weight is 245 g/mol. The summed E-state index contributed by atoms with van der Waals surface area (Å²) < 4.78 is 11.3. The summed E-state index contributed by atoms with van der Waals surface area (Å²) >= 11 is 0. The van der Waals surface area contributed by atoms with Crippen LogP contribution in [0.2, 0.25) is 0 Å². The molecule has 0 N–H and O–H groups in total. The van der Waals surface area contributed by atoms with E-state index in [1.165, 1.54) is 0 Å². The minimum atomic E-state index is 0.260. The van der Waals surface area contributed by atoms with Gasteiger partial charge in [0.2, 0.25) is 0 Å². The van der Waals surface area contributed by atoms with Gasteiger partial charge in [0.25, 0.3) is 0 Å². The van der Waals surface area contributed by atoms with Crippen molar-refractivity contribution in [2.24, 2.45) is 0 Å². The van der Waals surface area contributed by atoms with Crippen LogP contribution in [0.25, 0.3) is 0 Å². The Balaban J connectivity index is 1.89. The minimum absolute atomic E-state index is 0.260. The van der Waals surface area contributed by atoms with E-state index in [0.29, 0.717) is 18.3 Å². The van der Waals surface area contributed by atoms with Crippen LogP contribution in [0, 0.1) is 11.3 Å². The van der Waals surface area contributed by atoms with E-state index < -0.39 is 0 Å². The number of nitrogens with zero attached hydrogens (tertiary/aromatic N) is 1. The molecule has 3 nitrogen and oxygen atoms in total. The molecular weight excluding hydrogens is 226 g/mol. The fourth-order valence-corrected chi connectivity index (χ4v) is 2.43. The van der Waals surface area contributed by atoms with Crippen molar-refractivity contribution in [3.63, 3.8) is 0 Å². The lowest BCUT2D eigenvalue weighted by atomic mass is 9.95. The highest BCUT2D eigenvalue weighted by molar-refractivity contribution is 5.36. The van der Waals surface area contributed by atoms with E-state index in [1.54, 1.807) is 7.11 Å². The van der Waals surface area contributed by atoms with Crippen molar-refractivity contribution < 1.29 is 9.47 Å². The smallest absolute Gasteiger partial charge is 0.0995 e. The number of hydrogen-bond donors (Lipinski definition) is 0. The summed E-state index contributed by atoms with van der Waals surface area (Å²) in [7, 11) is 1.76. The Morgan fingerprint density at radius 2 is 2.06 bits per heavy atom. The first-order valence-corrected chi connectivity index (χ1v) is 6.46. The van der Waals surface area contributed by atoms with Crippen LogP contribution >= 0.6 is 0 Å². The Morgan fingerprint density at radius 3 is 2.83 bits per heavy atom. The third-order valence-corrected chi connectivity index (χ3v) is 3.52. The Labute approximate surface area is 108 Å². The largest absolute Gasteiger partial charge is 0.381 e. The van der Waals surface area contributed by atoms with Gasteiger partial charge >= 0.3 is 0 Å². The van der Waals surface area contributed by atoms with Gasteiger partial charge in [-0.2, -0.15) is 5.26 Å². The Hall–Kier alpha value is -1.37. The second kappa shape index (κ2) is 6.53. The molecule has 2 unspecified atom stereocenters. The van der Waals surface area contributed by atoms with E-state index in [-0.39, 0.29) is 6.10 Å². The fraction of sp³-hybridized carbons (Fsp3) is 0.533. The SMILES string of the molecule is COC1CCCC(OCc2ccccc2C#N)C1. The van der Waals surface area contributed by atoms with E-state index in [2.05, 4.69) is 6.07 Å². The summed E-state index contributed by atoms with van der Waals surface area (Å²) in [6, 6.07) is 9.80. The van der Waals surface area contributed by atoms with Crippen molar-refractivity contribution in [1.82, 2.24) is 0 Å². The zero-order valence-corrected chi connectivity index (χ0v) is 10.8. The zero-order valence-electron chi connectivity index (χ0n) is 10.8. The van der Waals surface area contributed by atoms with Gasteiger partial charge in [-0.3, -0.25) is 0 Å². The van der Waals surface area contributed by atoms with Crippen molar-refractivity contribution in [3.05, 3.63) is 35.4 Å². The van der Waals surface area contributed by atoms with Crippen molar-refractivity contribution >= 4 is 0 Å². The van der Waals surface area contributed by atoms with Gasteiger partial charge in [0, 0.05) is 7.11 Å². The van der Waals surface area contributed by atoms with Gasteiger partial charge in [-0.1, -0.05) is 18.2 Å². The van der Waals surface area contributed by atoms with Crippen molar-refractivity contribution in [2.45, 2.75) is 44.5 Å². The lowest BCUT2D eigenvalue weighted by Crippen LogP contribution is -2.27. The molecule has 3 heteroatoms. The van der Waals surface area contributed by atoms with Gasteiger partial charge in [0.1, 0.15) is 0 Å². The number of ether oxygens (including phenoxy) is 2. The molecule has 2 rings (SSSR count). The van der Waals surface area contributed by atoms with Crippen LogP contribution in [0.5, 0.6) is 0 Å². The summed E-state index contributed by atoms with van der Waals surface area (Å²) in [5.41, 5.74) is 1.68. The topological polar surface area (TPSA) is 42.2 Å². The summed E-state index contributed by atoms with van der Waals surface area (Å²) in [6.45, 7) is 0.519. The van der Waals surface area contributed by atoms with E-state index in [0.717, 1.165) is 31.2 Å².